The molecule has 160 valence electrons. The number of carbonyl (C=O) groups is 1. The number of aromatic nitrogens is 1. The van der Waals surface area contributed by atoms with Crippen LogP contribution in [-0.2, 0) is 11.8 Å². The Hall–Kier alpha value is -3.59. The molecule has 0 saturated heterocycles. The van der Waals surface area contributed by atoms with Crippen molar-refractivity contribution in [1.29, 1.82) is 0 Å². The molecule has 0 aliphatic rings. The zero-order valence-electron chi connectivity index (χ0n) is 16.7. The third-order valence-electron chi connectivity index (χ3n) is 4.16. The molecule has 0 radical (unpaired) electrons. The summed E-state index contributed by atoms with van der Waals surface area (Å²) in [6, 6.07) is 9.60. The van der Waals surface area contributed by atoms with Crippen LogP contribution >= 0.6 is 11.9 Å². The molecule has 0 bridgehead atoms. The quantitative estimate of drug-likeness (QED) is 0.486. The van der Waals surface area contributed by atoms with Crippen LogP contribution in [-0.4, -0.2) is 10.5 Å². The molecule has 1 heterocycles. The number of ether oxygens (including phenoxy) is 1. The second-order valence-electron chi connectivity index (χ2n) is 6.51. The van der Waals surface area contributed by atoms with E-state index >= 15 is 0 Å². The van der Waals surface area contributed by atoms with E-state index in [0.717, 1.165) is 12.1 Å². The van der Waals surface area contributed by atoms with Gasteiger partial charge in [-0.25, -0.2) is 8.78 Å². The Bertz CT molecular complexity index is 1210. The number of nitrogens with zero attached hydrogens (tertiary/aromatic N) is 1. The predicted octanol–water partition coefficient (Wildman–Crippen LogP) is 5.28. The Morgan fingerprint density at radius 3 is 2.58 bits per heavy atom. The summed E-state index contributed by atoms with van der Waals surface area (Å²) >= 11 is 1.26. The molecule has 1 aromatic heterocycles. The van der Waals surface area contributed by atoms with Crippen LogP contribution in [0.4, 0.5) is 20.2 Å². The summed E-state index contributed by atoms with van der Waals surface area (Å²) in [4.78, 5) is 23.8. The van der Waals surface area contributed by atoms with Crippen LogP contribution in [0.2, 0.25) is 0 Å². The molecule has 1 amide bonds. The first-order valence-corrected chi connectivity index (χ1v) is 9.94. The Morgan fingerprint density at radius 1 is 1.16 bits per heavy atom. The summed E-state index contributed by atoms with van der Waals surface area (Å²) in [6.07, 6.45) is 1.57. The molecule has 0 aliphatic carbocycles. The van der Waals surface area contributed by atoms with Crippen LogP contribution in [0.5, 0.6) is 11.5 Å². The number of benzene rings is 2. The highest BCUT2D eigenvalue weighted by Gasteiger charge is 2.15. The van der Waals surface area contributed by atoms with Gasteiger partial charge in [-0.05, 0) is 53.8 Å². The van der Waals surface area contributed by atoms with Crippen molar-refractivity contribution < 1.29 is 18.3 Å². The first-order chi connectivity index (χ1) is 14.8. The van der Waals surface area contributed by atoms with Crippen LogP contribution in [0, 0.1) is 11.6 Å². The van der Waals surface area contributed by atoms with Gasteiger partial charge >= 0.3 is 0 Å². The smallest absolute Gasteiger partial charge is 0.274 e. The van der Waals surface area contributed by atoms with Gasteiger partial charge in [0.25, 0.3) is 5.56 Å². The van der Waals surface area contributed by atoms with Crippen molar-refractivity contribution in [1.82, 2.24) is 4.57 Å². The number of anilines is 2. The van der Waals surface area contributed by atoms with Gasteiger partial charge < -0.3 is 19.3 Å². The lowest BCUT2D eigenvalue weighted by molar-refractivity contribution is -0.114. The Morgan fingerprint density at radius 2 is 1.90 bits per heavy atom. The van der Waals surface area contributed by atoms with Gasteiger partial charge in [0.05, 0.1) is 0 Å². The lowest BCUT2D eigenvalue weighted by Crippen LogP contribution is -2.22. The minimum Gasteiger partial charge on any atom is -0.454 e. The van der Waals surface area contributed by atoms with E-state index in [1.165, 1.54) is 35.6 Å². The maximum absolute atomic E-state index is 14.2. The lowest BCUT2D eigenvalue weighted by Gasteiger charge is -2.16. The number of halogens is 2. The fourth-order valence-corrected chi connectivity index (χ4v) is 3.18. The second-order valence-corrected chi connectivity index (χ2v) is 7.29. The lowest BCUT2D eigenvalue weighted by atomic mass is 10.0. The normalized spacial score (nSPS) is 10.5. The first-order valence-electron chi connectivity index (χ1n) is 9.06. The van der Waals surface area contributed by atoms with Gasteiger partial charge in [-0.1, -0.05) is 6.58 Å². The Labute approximate surface area is 181 Å². The van der Waals surface area contributed by atoms with Gasteiger partial charge in [-0.15, -0.1) is 0 Å². The van der Waals surface area contributed by atoms with E-state index in [4.69, 9.17) is 4.74 Å². The minimum atomic E-state index is -0.852. The van der Waals surface area contributed by atoms with Crippen LogP contribution in [0.15, 0.2) is 65.4 Å². The number of aryl methyl sites for hydroxylation is 1. The first kappa shape index (κ1) is 22.1. The van der Waals surface area contributed by atoms with Crippen molar-refractivity contribution in [3.63, 3.8) is 0 Å². The predicted molar refractivity (Wildman–Crippen MR) is 119 cm³/mol. The fourth-order valence-electron chi connectivity index (χ4n) is 2.83. The highest BCUT2D eigenvalue weighted by molar-refractivity contribution is 8.03. The minimum absolute atomic E-state index is 0.0882. The number of rotatable bonds is 7. The summed E-state index contributed by atoms with van der Waals surface area (Å²) < 4.78 is 37.5. The molecule has 9 heteroatoms. The van der Waals surface area contributed by atoms with E-state index in [9.17, 15) is 18.4 Å². The highest BCUT2D eigenvalue weighted by atomic mass is 32.2. The molecule has 31 heavy (non-hydrogen) atoms. The average Bonchev–Trinajstić information content (AvgIpc) is 2.72. The third-order valence-corrected chi connectivity index (χ3v) is 4.68. The zero-order chi connectivity index (χ0) is 22.5. The molecular formula is C22H19F2N3O3S. The van der Waals surface area contributed by atoms with E-state index in [1.54, 1.807) is 36.9 Å². The van der Waals surface area contributed by atoms with Crippen LogP contribution < -0.4 is 20.3 Å². The Balaban J connectivity index is 2.14. The van der Waals surface area contributed by atoms with E-state index in [0.29, 0.717) is 16.8 Å². The molecule has 3 aromatic rings. The van der Waals surface area contributed by atoms with Crippen LogP contribution in [0.25, 0.3) is 11.1 Å². The van der Waals surface area contributed by atoms with Crippen molar-refractivity contribution in [2.75, 3.05) is 10.0 Å². The molecule has 2 N–H and O–H groups in total. The molecule has 6 nitrogen and oxygen atoms in total. The average molecular weight is 443 g/mol. The monoisotopic (exact) mass is 443 g/mol. The van der Waals surface area contributed by atoms with Crippen molar-refractivity contribution in [3.8, 4) is 22.6 Å². The summed E-state index contributed by atoms with van der Waals surface area (Å²) in [7, 11) is 1.55. The van der Waals surface area contributed by atoms with Crippen molar-refractivity contribution >= 4 is 29.2 Å². The molecule has 0 unspecified atom stereocenters. The summed E-state index contributed by atoms with van der Waals surface area (Å²) in [5.41, 5.74) is 1.45. The Kier molecular flexibility index (Phi) is 6.76. The number of pyridine rings is 1. The topological polar surface area (TPSA) is 72.4 Å². The zero-order valence-corrected chi connectivity index (χ0v) is 17.6. The maximum Gasteiger partial charge on any atom is 0.274 e. The molecule has 3 rings (SSSR count). The second kappa shape index (κ2) is 9.48. The van der Waals surface area contributed by atoms with E-state index in [2.05, 4.69) is 16.6 Å². The van der Waals surface area contributed by atoms with Crippen molar-refractivity contribution in [2.24, 2.45) is 7.05 Å². The SMILES string of the molecule is C=CSNc1ccc(Oc2ccc(F)cc2F)c(-c2cc(NC(C)=O)c(=O)n(C)c2)c1. The molecule has 2 aromatic carbocycles. The molecule has 0 aliphatic heterocycles. The molecule has 0 saturated carbocycles. The van der Waals surface area contributed by atoms with E-state index < -0.39 is 17.5 Å². The number of hydrogen-bond acceptors (Lipinski definition) is 5. The van der Waals surface area contributed by atoms with Gasteiger partial charge in [0, 0.05) is 43.0 Å². The number of amides is 1. The third kappa shape index (κ3) is 5.32. The fraction of sp³-hybridized carbons (Fsp3) is 0.0909. The van der Waals surface area contributed by atoms with Gasteiger partial charge in [-0.2, -0.15) is 0 Å². The number of carbonyl (C=O) groups excluding carboxylic acids is 1. The van der Waals surface area contributed by atoms with Gasteiger partial charge in [0.2, 0.25) is 5.91 Å². The van der Waals surface area contributed by atoms with Gasteiger partial charge in [0.1, 0.15) is 17.3 Å². The summed E-state index contributed by atoms with van der Waals surface area (Å²) in [6.45, 7) is 4.93. The highest BCUT2D eigenvalue weighted by Crippen LogP contribution is 2.37. The molecule has 0 atom stereocenters. The van der Waals surface area contributed by atoms with Gasteiger partial charge in [0.15, 0.2) is 11.6 Å². The summed E-state index contributed by atoms with van der Waals surface area (Å²) in [5, 5.41) is 4.12. The molecule has 0 fully saturated rings. The van der Waals surface area contributed by atoms with Crippen LogP contribution in [0.3, 0.4) is 0 Å². The summed E-state index contributed by atoms with van der Waals surface area (Å²) in [5.74, 6) is -1.85. The van der Waals surface area contributed by atoms with Crippen molar-refractivity contribution in [3.05, 3.63) is 82.6 Å². The molecule has 0 spiro atoms. The van der Waals surface area contributed by atoms with Gasteiger partial charge in [-0.3, -0.25) is 9.59 Å². The van der Waals surface area contributed by atoms with Crippen molar-refractivity contribution in [2.45, 2.75) is 6.92 Å². The standard InChI is InChI=1S/C22H19F2N3O3S/c1-4-31-26-16-6-8-20(30-21-7-5-15(23)10-18(21)24)17(11-16)14-9-19(25-13(2)28)22(29)27(3)12-14/h4-12,26H,1H2,2-3H3,(H,25,28). The maximum atomic E-state index is 14.2. The number of hydrogen-bond donors (Lipinski definition) is 2. The van der Waals surface area contributed by atoms with Crippen LogP contribution in [0.1, 0.15) is 6.92 Å². The van der Waals surface area contributed by atoms with E-state index in [-0.39, 0.29) is 22.7 Å². The number of nitrogens with one attached hydrogen (secondary N) is 2. The molecular weight excluding hydrogens is 424 g/mol. The van der Waals surface area contributed by atoms with E-state index in [1.807, 2.05) is 0 Å². The largest absolute Gasteiger partial charge is 0.454 e.